The fraction of sp³-hybridized carbons (Fsp3) is 0.346. The van der Waals surface area contributed by atoms with Crippen molar-refractivity contribution < 1.29 is 19.2 Å². The molecule has 3 atom stereocenters. The van der Waals surface area contributed by atoms with Gasteiger partial charge < -0.3 is 19.3 Å². The lowest BCUT2D eigenvalue weighted by Crippen LogP contribution is -3.15. The zero-order chi connectivity index (χ0) is 21.0. The second-order valence-electron chi connectivity index (χ2n) is 8.40. The molecular formula is C26H29N2O3+. The van der Waals surface area contributed by atoms with Crippen LogP contribution < -0.4 is 4.90 Å². The highest BCUT2D eigenvalue weighted by Gasteiger charge is 2.38. The summed E-state index contributed by atoms with van der Waals surface area (Å²) in [7, 11) is 0. The Balaban J connectivity index is 1.25. The van der Waals surface area contributed by atoms with Gasteiger partial charge in [0.15, 0.2) is 6.10 Å². The SMILES string of the molecule is O=C(C1COC2C=CC=CC2O1)N1CC[NH+](C(c2ccccc2)c2ccccc2)CC1. The van der Waals surface area contributed by atoms with E-state index < -0.39 is 6.10 Å². The Labute approximate surface area is 183 Å². The number of quaternary nitrogens is 1. The first-order chi connectivity index (χ1) is 15.3. The molecule has 2 fully saturated rings. The highest BCUT2D eigenvalue weighted by molar-refractivity contribution is 5.81. The van der Waals surface area contributed by atoms with Crippen LogP contribution in [0, 0.1) is 0 Å². The van der Waals surface area contributed by atoms with Crippen molar-refractivity contribution >= 4 is 5.91 Å². The Hall–Kier alpha value is -2.73. The Bertz CT molecular complexity index is 896. The summed E-state index contributed by atoms with van der Waals surface area (Å²) in [5.74, 6) is 0.0522. The van der Waals surface area contributed by atoms with Crippen LogP contribution in [0.2, 0.25) is 0 Å². The molecule has 5 rings (SSSR count). The predicted octanol–water partition coefficient (Wildman–Crippen LogP) is 1.78. The summed E-state index contributed by atoms with van der Waals surface area (Å²) in [4.78, 5) is 16.6. The molecule has 5 nitrogen and oxygen atoms in total. The van der Waals surface area contributed by atoms with E-state index in [0.29, 0.717) is 6.61 Å². The lowest BCUT2D eigenvalue weighted by molar-refractivity contribution is -0.929. The van der Waals surface area contributed by atoms with Gasteiger partial charge in [0.1, 0.15) is 18.2 Å². The van der Waals surface area contributed by atoms with Crippen molar-refractivity contribution in [3.05, 3.63) is 96.1 Å². The molecule has 0 bridgehead atoms. The van der Waals surface area contributed by atoms with E-state index in [1.807, 2.05) is 29.2 Å². The molecule has 5 heteroatoms. The zero-order valence-electron chi connectivity index (χ0n) is 17.6. The van der Waals surface area contributed by atoms with Crippen LogP contribution in [0.25, 0.3) is 0 Å². The van der Waals surface area contributed by atoms with Crippen molar-refractivity contribution in [3.8, 4) is 0 Å². The Morgan fingerprint density at radius 3 is 2.06 bits per heavy atom. The molecule has 0 radical (unpaired) electrons. The van der Waals surface area contributed by atoms with Crippen LogP contribution in [-0.4, -0.2) is 61.9 Å². The van der Waals surface area contributed by atoms with Gasteiger partial charge in [-0.05, 0) is 0 Å². The van der Waals surface area contributed by atoms with Crippen LogP contribution >= 0.6 is 0 Å². The molecule has 0 spiro atoms. The maximum atomic E-state index is 13.1. The number of fused-ring (bicyclic) bond motifs is 1. The van der Waals surface area contributed by atoms with Gasteiger partial charge >= 0.3 is 0 Å². The summed E-state index contributed by atoms with van der Waals surface area (Å²) in [5, 5.41) is 0. The molecule has 0 saturated carbocycles. The number of rotatable bonds is 4. The Kier molecular flexibility index (Phi) is 5.98. The average Bonchev–Trinajstić information content (AvgIpc) is 2.85. The Morgan fingerprint density at radius 1 is 0.871 bits per heavy atom. The van der Waals surface area contributed by atoms with Crippen LogP contribution in [0.4, 0.5) is 0 Å². The lowest BCUT2D eigenvalue weighted by Gasteiger charge is -2.40. The van der Waals surface area contributed by atoms with Crippen molar-refractivity contribution in [2.24, 2.45) is 0 Å². The van der Waals surface area contributed by atoms with Crippen LogP contribution in [0.1, 0.15) is 17.2 Å². The summed E-state index contributed by atoms with van der Waals surface area (Å²) in [6.07, 6.45) is 7.11. The lowest BCUT2D eigenvalue weighted by atomic mass is 9.96. The van der Waals surface area contributed by atoms with E-state index in [-0.39, 0.29) is 24.2 Å². The topological polar surface area (TPSA) is 43.2 Å². The van der Waals surface area contributed by atoms with Gasteiger partial charge in [0, 0.05) is 11.1 Å². The number of allylic oxidation sites excluding steroid dienone is 2. The Morgan fingerprint density at radius 2 is 1.45 bits per heavy atom. The number of hydrogen-bond acceptors (Lipinski definition) is 3. The number of carbonyl (C=O) groups is 1. The van der Waals surface area contributed by atoms with E-state index >= 15 is 0 Å². The van der Waals surface area contributed by atoms with Gasteiger partial charge in [0.25, 0.3) is 5.91 Å². The third kappa shape index (κ3) is 4.35. The normalized spacial score (nSPS) is 26.1. The average molecular weight is 418 g/mol. The van der Waals surface area contributed by atoms with E-state index in [1.165, 1.54) is 16.0 Å². The molecule has 1 aliphatic carbocycles. The van der Waals surface area contributed by atoms with E-state index in [9.17, 15) is 4.79 Å². The summed E-state index contributed by atoms with van der Waals surface area (Å²) >= 11 is 0. The van der Waals surface area contributed by atoms with E-state index in [4.69, 9.17) is 9.47 Å². The molecule has 0 aromatic heterocycles. The van der Waals surface area contributed by atoms with Gasteiger partial charge in [-0.25, -0.2) is 0 Å². The second kappa shape index (κ2) is 9.18. The molecule has 1 N–H and O–H groups in total. The number of piperazine rings is 1. The first kappa shape index (κ1) is 20.2. The highest BCUT2D eigenvalue weighted by Crippen LogP contribution is 2.22. The number of benzene rings is 2. The summed E-state index contributed by atoms with van der Waals surface area (Å²) < 4.78 is 11.9. The number of ether oxygens (including phenoxy) is 2. The number of nitrogens with one attached hydrogen (secondary N) is 1. The molecule has 2 saturated heterocycles. The quantitative estimate of drug-likeness (QED) is 0.825. The summed E-state index contributed by atoms with van der Waals surface area (Å²) in [5.41, 5.74) is 2.63. The molecule has 31 heavy (non-hydrogen) atoms. The molecule has 2 aliphatic heterocycles. The molecule has 3 aliphatic rings. The molecule has 3 unspecified atom stereocenters. The van der Waals surface area contributed by atoms with Crippen molar-refractivity contribution in [1.82, 2.24) is 4.90 Å². The first-order valence-electron chi connectivity index (χ1n) is 11.1. The molecule has 1 amide bonds. The molecule has 2 heterocycles. The highest BCUT2D eigenvalue weighted by atomic mass is 16.6. The zero-order valence-corrected chi connectivity index (χ0v) is 17.6. The van der Waals surface area contributed by atoms with Gasteiger partial charge in [-0.3, -0.25) is 4.79 Å². The van der Waals surface area contributed by atoms with Crippen molar-refractivity contribution in [1.29, 1.82) is 0 Å². The maximum absolute atomic E-state index is 13.1. The van der Waals surface area contributed by atoms with Crippen LogP contribution in [0.15, 0.2) is 85.0 Å². The third-order valence-electron chi connectivity index (χ3n) is 6.46. The number of nitrogens with zero attached hydrogens (tertiary/aromatic N) is 1. The number of amides is 1. The first-order valence-corrected chi connectivity index (χ1v) is 11.1. The number of hydrogen-bond donors (Lipinski definition) is 1. The van der Waals surface area contributed by atoms with Gasteiger partial charge in [-0.1, -0.05) is 85.0 Å². The molecule has 160 valence electrons. The monoisotopic (exact) mass is 417 g/mol. The minimum absolute atomic E-state index is 0.0522. The van der Waals surface area contributed by atoms with E-state index in [1.54, 1.807) is 0 Å². The van der Waals surface area contributed by atoms with E-state index in [2.05, 4.69) is 60.7 Å². The van der Waals surface area contributed by atoms with Crippen LogP contribution in [0.5, 0.6) is 0 Å². The van der Waals surface area contributed by atoms with Gasteiger partial charge in [-0.2, -0.15) is 0 Å². The summed E-state index contributed by atoms with van der Waals surface area (Å²) in [6, 6.07) is 21.6. The fourth-order valence-electron chi connectivity index (χ4n) is 4.86. The molecular weight excluding hydrogens is 388 g/mol. The van der Waals surface area contributed by atoms with Crippen LogP contribution in [-0.2, 0) is 14.3 Å². The van der Waals surface area contributed by atoms with Crippen LogP contribution in [0.3, 0.4) is 0 Å². The van der Waals surface area contributed by atoms with Gasteiger partial charge in [-0.15, -0.1) is 0 Å². The van der Waals surface area contributed by atoms with Gasteiger partial charge in [0.2, 0.25) is 0 Å². The van der Waals surface area contributed by atoms with Crippen molar-refractivity contribution in [3.63, 3.8) is 0 Å². The minimum atomic E-state index is -0.516. The maximum Gasteiger partial charge on any atom is 0.254 e. The molecule has 2 aromatic rings. The fourth-order valence-corrected chi connectivity index (χ4v) is 4.86. The predicted molar refractivity (Wildman–Crippen MR) is 119 cm³/mol. The largest absolute Gasteiger partial charge is 0.368 e. The van der Waals surface area contributed by atoms with E-state index in [0.717, 1.165) is 26.2 Å². The van der Waals surface area contributed by atoms with Crippen molar-refractivity contribution in [2.75, 3.05) is 32.8 Å². The molecule has 2 aromatic carbocycles. The smallest absolute Gasteiger partial charge is 0.254 e. The third-order valence-corrected chi connectivity index (χ3v) is 6.46. The minimum Gasteiger partial charge on any atom is -0.368 e. The second-order valence-corrected chi connectivity index (χ2v) is 8.40. The van der Waals surface area contributed by atoms with Gasteiger partial charge in [0.05, 0.1) is 32.8 Å². The summed E-state index contributed by atoms with van der Waals surface area (Å²) in [6.45, 7) is 3.59. The standard InChI is InChI=1S/C26H28N2O3/c29-26(24-19-30-22-13-7-8-14-23(22)31-24)28-17-15-27(16-18-28)25(20-9-3-1-4-10-20)21-11-5-2-6-12-21/h1-14,22-25H,15-19H2/p+1. The van der Waals surface area contributed by atoms with Crippen molar-refractivity contribution in [2.45, 2.75) is 24.4 Å². The number of carbonyl (C=O) groups excluding carboxylic acids is 1.